The first-order chi connectivity index (χ1) is 9.54. The maximum absolute atomic E-state index is 13.6. The molecular formula is C12H15FN4O3. The fraction of sp³-hybridized carbons (Fsp3) is 0.417. The molecule has 0 spiro atoms. The maximum Gasteiger partial charge on any atom is 0.368 e. The third kappa shape index (κ3) is 2.69. The molecule has 1 aromatic heterocycles. The van der Waals surface area contributed by atoms with Crippen LogP contribution in [0.2, 0.25) is 0 Å². The molecule has 0 aliphatic rings. The van der Waals surface area contributed by atoms with Crippen LogP contribution in [0.4, 0.5) is 4.39 Å². The largest absolute Gasteiger partial charge is 0.489 e. The van der Waals surface area contributed by atoms with Crippen LogP contribution in [0.15, 0.2) is 16.9 Å². The second-order valence-electron chi connectivity index (χ2n) is 4.21. The van der Waals surface area contributed by atoms with Gasteiger partial charge in [-0.3, -0.25) is 0 Å². The number of hydrogen-bond donors (Lipinski definition) is 0. The van der Waals surface area contributed by atoms with Crippen molar-refractivity contribution >= 4 is 0 Å². The van der Waals surface area contributed by atoms with E-state index in [-0.39, 0.29) is 12.4 Å². The Balaban J connectivity index is 2.47. The standard InChI is InChI=1S/C12H15FN4O3/c1-8-6-10(17-12(18)16(2)14-15-17)11(7-9(8)13)20-5-4-19-3/h6-7H,4-5H2,1-3H3. The minimum atomic E-state index is -0.437. The van der Waals surface area contributed by atoms with Crippen LogP contribution in [0, 0.1) is 12.7 Å². The minimum absolute atomic E-state index is 0.216. The lowest BCUT2D eigenvalue weighted by Gasteiger charge is -2.11. The molecule has 0 atom stereocenters. The molecule has 0 saturated carbocycles. The van der Waals surface area contributed by atoms with E-state index in [1.165, 1.54) is 26.3 Å². The van der Waals surface area contributed by atoms with E-state index in [2.05, 4.69) is 10.4 Å². The van der Waals surface area contributed by atoms with Gasteiger partial charge in [0, 0.05) is 20.2 Å². The van der Waals surface area contributed by atoms with E-state index in [1.54, 1.807) is 6.92 Å². The van der Waals surface area contributed by atoms with Gasteiger partial charge in [0.05, 0.1) is 6.61 Å². The molecule has 20 heavy (non-hydrogen) atoms. The van der Waals surface area contributed by atoms with Crippen LogP contribution in [0.1, 0.15) is 5.56 Å². The third-order valence-corrected chi connectivity index (χ3v) is 2.74. The summed E-state index contributed by atoms with van der Waals surface area (Å²) in [7, 11) is 3.01. The molecule has 1 heterocycles. The summed E-state index contributed by atoms with van der Waals surface area (Å²) in [5.41, 5.74) is 0.294. The number of ether oxygens (including phenoxy) is 2. The van der Waals surface area contributed by atoms with Crippen molar-refractivity contribution in [3.8, 4) is 11.4 Å². The van der Waals surface area contributed by atoms with Gasteiger partial charge in [-0.1, -0.05) is 0 Å². The molecule has 0 radical (unpaired) electrons. The molecule has 0 bridgehead atoms. The molecule has 7 nitrogen and oxygen atoms in total. The molecule has 8 heteroatoms. The van der Waals surface area contributed by atoms with Gasteiger partial charge in [0.25, 0.3) is 0 Å². The van der Waals surface area contributed by atoms with E-state index in [9.17, 15) is 9.18 Å². The summed E-state index contributed by atoms with van der Waals surface area (Å²) in [6.45, 7) is 2.19. The van der Waals surface area contributed by atoms with E-state index in [4.69, 9.17) is 9.47 Å². The van der Waals surface area contributed by atoms with Gasteiger partial charge in [0.1, 0.15) is 23.9 Å². The fourth-order valence-corrected chi connectivity index (χ4v) is 1.63. The van der Waals surface area contributed by atoms with E-state index >= 15 is 0 Å². The first-order valence-corrected chi connectivity index (χ1v) is 5.96. The zero-order chi connectivity index (χ0) is 14.7. The molecule has 0 aliphatic carbocycles. The lowest BCUT2D eigenvalue weighted by atomic mass is 10.2. The molecule has 2 rings (SSSR count). The van der Waals surface area contributed by atoms with Gasteiger partial charge in [-0.15, -0.1) is 0 Å². The molecule has 0 saturated heterocycles. The molecule has 0 aliphatic heterocycles. The van der Waals surface area contributed by atoms with Gasteiger partial charge < -0.3 is 9.47 Å². The summed E-state index contributed by atoms with van der Waals surface area (Å²) >= 11 is 0. The predicted octanol–water partition coefficient (Wildman–Crippen LogP) is 0.439. The number of aromatic nitrogens is 4. The Kier molecular flexibility index (Phi) is 4.14. The van der Waals surface area contributed by atoms with Crippen LogP contribution in [-0.2, 0) is 11.8 Å². The summed E-state index contributed by atoms with van der Waals surface area (Å²) in [6, 6.07) is 2.72. The van der Waals surface area contributed by atoms with Crippen LogP contribution in [0.25, 0.3) is 5.69 Å². The highest BCUT2D eigenvalue weighted by molar-refractivity contribution is 5.48. The van der Waals surface area contributed by atoms with Gasteiger partial charge in [0.2, 0.25) is 0 Å². The van der Waals surface area contributed by atoms with Crippen molar-refractivity contribution in [3.05, 3.63) is 34.0 Å². The predicted molar refractivity (Wildman–Crippen MR) is 68.7 cm³/mol. The number of benzene rings is 1. The maximum atomic E-state index is 13.6. The van der Waals surface area contributed by atoms with E-state index in [0.29, 0.717) is 17.9 Å². The zero-order valence-corrected chi connectivity index (χ0v) is 11.5. The summed E-state index contributed by atoms with van der Waals surface area (Å²) < 4.78 is 26.1. The Morgan fingerprint density at radius 2 is 2.05 bits per heavy atom. The number of methoxy groups -OCH3 is 1. The van der Waals surface area contributed by atoms with Crippen LogP contribution < -0.4 is 10.4 Å². The van der Waals surface area contributed by atoms with Crippen molar-refractivity contribution in [3.63, 3.8) is 0 Å². The van der Waals surface area contributed by atoms with Crippen molar-refractivity contribution in [2.24, 2.45) is 7.05 Å². The van der Waals surface area contributed by atoms with Crippen LogP contribution in [-0.4, -0.2) is 40.1 Å². The van der Waals surface area contributed by atoms with Crippen molar-refractivity contribution in [2.75, 3.05) is 20.3 Å². The van der Waals surface area contributed by atoms with Crippen molar-refractivity contribution in [1.82, 2.24) is 19.8 Å². The van der Waals surface area contributed by atoms with E-state index in [0.717, 1.165) is 9.36 Å². The number of tetrazole rings is 1. The first kappa shape index (κ1) is 14.2. The SMILES string of the molecule is COCCOc1cc(F)c(C)cc1-n1nnn(C)c1=O. The zero-order valence-electron chi connectivity index (χ0n) is 11.5. The van der Waals surface area contributed by atoms with Gasteiger partial charge in [0.15, 0.2) is 0 Å². The number of aryl methyl sites for hydroxylation is 2. The van der Waals surface area contributed by atoms with Gasteiger partial charge in [-0.25, -0.2) is 9.18 Å². The average Bonchev–Trinajstić information content (AvgIpc) is 2.74. The molecule has 0 N–H and O–H groups in total. The second-order valence-corrected chi connectivity index (χ2v) is 4.21. The topological polar surface area (TPSA) is 71.2 Å². The van der Waals surface area contributed by atoms with Gasteiger partial charge in [-0.05, 0) is 29.0 Å². The first-order valence-electron chi connectivity index (χ1n) is 5.96. The van der Waals surface area contributed by atoms with Crippen LogP contribution in [0.5, 0.6) is 5.75 Å². The molecule has 0 fully saturated rings. The van der Waals surface area contributed by atoms with Gasteiger partial charge >= 0.3 is 5.69 Å². The Hall–Kier alpha value is -2.22. The minimum Gasteiger partial charge on any atom is -0.489 e. The smallest absolute Gasteiger partial charge is 0.368 e. The molecular weight excluding hydrogens is 267 g/mol. The van der Waals surface area contributed by atoms with Crippen molar-refractivity contribution < 1.29 is 13.9 Å². The quantitative estimate of drug-likeness (QED) is 0.744. The number of hydrogen-bond acceptors (Lipinski definition) is 5. The van der Waals surface area contributed by atoms with Crippen LogP contribution >= 0.6 is 0 Å². The van der Waals surface area contributed by atoms with Crippen LogP contribution in [0.3, 0.4) is 0 Å². The summed E-state index contributed by atoms with van der Waals surface area (Å²) in [5.74, 6) is -0.203. The number of nitrogens with zero attached hydrogens (tertiary/aromatic N) is 4. The fourth-order valence-electron chi connectivity index (χ4n) is 1.63. The van der Waals surface area contributed by atoms with E-state index in [1.807, 2.05) is 0 Å². The Bertz CT molecular complexity index is 665. The summed E-state index contributed by atoms with van der Waals surface area (Å²) in [4.78, 5) is 11.9. The molecule has 2 aromatic rings. The summed E-state index contributed by atoms with van der Waals surface area (Å²) in [6.07, 6.45) is 0. The highest BCUT2D eigenvalue weighted by atomic mass is 19.1. The Labute approximate surface area is 114 Å². The molecule has 0 amide bonds. The normalized spacial score (nSPS) is 10.8. The van der Waals surface area contributed by atoms with E-state index < -0.39 is 11.5 Å². The third-order valence-electron chi connectivity index (χ3n) is 2.74. The Morgan fingerprint density at radius 3 is 2.65 bits per heavy atom. The lowest BCUT2D eigenvalue weighted by molar-refractivity contribution is 0.146. The summed E-state index contributed by atoms with van der Waals surface area (Å²) in [5, 5.41) is 7.35. The highest BCUT2D eigenvalue weighted by Gasteiger charge is 2.15. The highest BCUT2D eigenvalue weighted by Crippen LogP contribution is 2.25. The van der Waals surface area contributed by atoms with Crippen molar-refractivity contribution in [2.45, 2.75) is 6.92 Å². The van der Waals surface area contributed by atoms with Gasteiger partial charge in [-0.2, -0.15) is 9.36 Å². The lowest BCUT2D eigenvalue weighted by Crippen LogP contribution is -2.23. The average molecular weight is 282 g/mol. The molecule has 108 valence electrons. The number of rotatable bonds is 5. The monoisotopic (exact) mass is 282 g/mol. The Morgan fingerprint density at radius 1 is 1.30 bits per heavy atom. The molecule has 1 aromatic carbocycles. The molecule has 0 unspecified atom stereocenters. The second kappa shape index (κ2) is 5.83. The number of halogens is 1. The van der Waals surface area contributed by atoms with Crippen molar-refractivity contribution in [1.29, 1.82) is 0 Å².